The average molecular weight is 253 g/mol. The largest absolute Gasteiger partial charge is 0.395 e. The molecule has 1 aromatic rings. The summed E-state index contributed by atoms with van der Waals surface area (Å²) in [6.07, 6.45) is 3.17. The van der Waals surface area contributed by atoms with Crippen LogP contribution in [-0.4, -0.2) is 44.6 Å². The van der Waals surface area contributed by atoms with Gasteiger partial charge in [-0.1, -0.05) is 0 Å². The SMILES string of the molecule is Cn1cc([N+](=O)[O-])cc1C(=O)N(CCO)C1CC1. The zero-order valence-corrected chi connectivity index (χ0v) is 10.1. The second kappa shape index (κ2) is 4.77. The minimum Gasteiger partial charge on any atom is -0.395 e. The molecule has 0 atom stereocenters. The molecule has 0 bridgehead atoms. The second-order valence-electron chi connectivity index (χ2n) is 4.40. The highest BCUT2D eigenvalue weighted by Crippen LogP contribution is 2.28. The van der Waals surface area contributed by atoms with Crippen molar-refractivity contribution in [1.29, 1.82) is 0 Å². The number of amides is 1. The van der Waals surface area contributed by atoms with E-state index in [2.05, 4.69) is 0 Å². The Morgan fingerprint density at radius 1 is 1.67 bits per heavy atom. The van der Waals surface area contributed by atoms with Crippen LogP contribution < -0.4 is 0 Å². The van der Waals surface area contributed by atoms with E-state index in [4.69, 9.17) is 5.11 Å². The minimum atomic E-state index is -0.524. The van der Waals surface area contributed by atoms with Crippen molar-refractivity contribution in [2.45, 2.75) is 18.9 Å². The lowest BCUT2D eigenvalue weighted by Gasteiger charge is -2.21. The fourth-order valence-electron chi connectivity index (χ4n) is 1.95. The monoisotopic (exact) mass is 253 g/mol. The van der Waals surface area contributed by atoms with E-state index in [1.54, 1.807) is 11.9 Å². The first-order chi connectivity index (χ1) is 8.54. The Morgan fingerprint density at radius 3 is 2.78 bits per heavy atom. The number of nitro groups is 1. The van der Waals surface area contributed by atoms with E-state index in [1.165, 1.54) is 16.8 Å². The molecule has 0 radical (unpaired) electrons. The van der Waals surface area contributed by atoms with E-state index in [-0.39, 0.29) is 36.5 Å². The van der Waals surface area contributed by atoms with Crippen LogP contribution in [0.3, 0.4) is 0 Å². The molecule has 0 unspecified atom stereocenters. The van der Waals surface area contributed by atoms with Gasteiger partial charge < -0.3 is 14.6 Å². The molecule has 1 N–H and O–H groups in total. The number of carbonyl (C=O) groups excluding carboxylic acids is 1. The molecule has 0 spiro atoms. The van der Waals surface area contributed by atoms with E-state index >= 15 is 0 Å². The zero-order valence-electron chi connectivity index (χ0n) is 10.1. The molecular weight excluding hydrogens is 238 g/mol. The first kappa shape index (κ1) is 12.6. The van der Waals surface area contributed by atoms with Crippen LogP contribution in [0, 0.1) is 10.1 Å². The van der Waals surface area contributed by atoms with Gasteiger partial charge in [0.15, 0.2) is 0 Å². The van der Waals surface area contributed by atoms with Crippen LogP contribution in [-0.2, 0) is 7.05 Å². The van der Waals surface area contributed by atoms with Gasteiger partial charge in [-0.2, -0.15) is 0 Å². The van der Waals surface area contributed by atoms with Gasteiger partial charge in [0, 0.05) is 25.7 Å². The summed E-state index contributed by atoms with van der Waals surface area (Å²) in [5.74, 6) is -0.262. The lowest BCUT2D eigenvalue weighted by Crippen LogP contribution is -2.36. The normalized spacial score (nSPS) is 14.6. The van der Waals surface area contributed by atoms with Gasteiger partial charge in [-0.05, 0) is 12.8 Å². The van der Waals surface area contributed by atoms with Crippen molar-refractivity contribution < 1.29 is 14.8 Å². The van der Waals surface area contributed by atoms with Crippen molar-refractivity contribution in [2.75, 3.05) is 13.2 Å². The summed E-state index contributed by atoms with van der Waals surface area (Å²) in [7, 11) is 1.60. The van der Waals surface area contributed by atoms with E-state index in [1.807, 2.05) is 0 Å². The third-order valence-electron chi connectivity index (χ3n) is 3.01. The first-order valence-electron chi connectivity index (χ1n) is 5.77. The van der Waals surface area contributed by atoms with Crippen molar-refractivity contribution in [3.8, 4) is 0 Å². The fraction of sp³-hybridized carbons (Fsp3) is 0.545. The summed E-state index contributed by atoms with van der Waals surface area (Å²) < 4.78 is 1.45. The molecule has 2 rings (SSSR count). The van der Waals surface area contributed by atoms with Gasteiger partial charge in [-0.15, -0.1) is 0 Å². The summed E-state index contributed by atoms with van der Waals surface area (Å²) in [6.45, 7) is 0.164. The number of carbonyl (C=O) groups is 1. The molecule has 98 valence electrons. The van der Waals surface area contributed by atoms with Crippen LogP contribution >= 0.6 is 0 Å². The van der Waals surface area contributed by atoms with Crippen molar-refractivity contribution >= 4 is 11.6 Å². The molecular formula is C11H15N3O4. The molecule has 0 aliphatic heterocycles. The first-order valence-corrected chi connectivity index (χ1v) is 5.77. The topological polar surface area (TPSA) is 88.6 Å². The molecule has 18 heavy (non-hydrogen) atoms. The summed E-state index contributed by atoms with van der Waals surface area (Å²) in [4.78, 5) is 24.0. The van der Waals surface area contributed by atoms with E-state index < -0.39 is 4.92 Å². The van der Waals surface area contributed by atoms with Gasteiger partial charge in [0.2, 0.25) is 0 Å². The van der Waals surface area contributed by atoms with Crippen LogP contribution in [0.15, 0.2) is 12.3 Å². The minimum absolute atomic E-state index is 0.0967. The molecule has 1 aliphatic rings. The quantitative estimate of drug-likeness (QED) is 0.612. The van der Waals surface area contributed by atoms with Crippen LogP contribution in [0.5, 0.6) is 0 Å². The molecule has 1 heterocycles. The van der Waals surface area contributed by atoms with Gasteiger partial charge in [0.25, 0.3) is 11.6 Å². The molecule has 1 aliphatic carbocycles. The zero-order chi connectivity index (χ0) is 13.3. The number of aryl methyl sites for hydroxylation is 1. The Balaban J connectivity index is 2.23. The fourth-order valence-corrected chi connectivity index (χ4v) is 1.95. The molecule has 1 fully saturated rings. The number of rotatable bonds is 5. The van der Waals surface area contributed by atoms with Crippen molar-refractivity contribution in [1.82, 2.24) is 9.47 Å². The standard InChI is InChI=1S/C11H15N3O4/c1-12-7-9(14(17)18)6-10(12)11(16)13(4-5-15)8-2-3-8/h6-8,15H,2-5H2,1H3. The predicted molar refractivity (Wildman–Crippen MR) is 63.2 cm³/mol. The van der Waals surface area contributed by atoms with Crippen molar-refractivity contribution in [2.24, 2.45) is 7.05 Å². The Bertz CT molecular complexity index is 479. The number of hydrogen-bond donors (Lipinski definition) is 1. The Morgan fingerprint density at radius 2 is 2.33 bits per heavy atom. The van der Waals surface area contributed by atoms with Gasteiger partial charge in [0.1, 0.15) is 5.69 Å². The van der Waals surface area contributed by atoms with Crippen LogP contribution in [0.4, 0.5) is 5.69 Å². The smallest absolute Gasteiger partial charge is 0.287 e. The summed E-state index contributed by atoms with van der Waals surface area (Å²) in [5, 5.41) is 19.6. The Hall–Kier alpha value is -1.89. The summed E-state index contributed by atoms with van der Waals surface area (Å²) in [5.41, 5.74) is 0.183. The molecule has 0 saturated heterocycles. The molecule has 1 amide bonds. The third-order valence-corrected chi connectivity index (χ3v) is 3.01. The lowest BCUT2D eigenvalue weighted by molar-refractivity contribution is -0.384. The molecule has 0 aromatic carbocycles. The molecule has 1 aromatic heterocycles. The third kappa shape index (κ3) is 2.35. The highest BCUT2D eigenvalue weighted by atomic mass is 16.6. The average Bonchev–Trinajstić information content (AvgIpc) is 3.07. The maximum Gasteiger partial charge on any atom is 0.287 e. The van der Waals surface area contributed by atoms with Crippen molar-refractivity contribution in [3.05, 3.63) is 28.1 Å². The maximum absolute atomic E-state index is 12.2. The maximum atomic E-state index is 12.2. The molecule has 1 saturated carbocycles. The van der Waals surface area contributed by atoms with Gasteiger partial charge >= 0.3 is 0 Å². The summed E-state index contributed by atoms with van der Waals surface area (Å²) in [6, 6.07) is 1.44. The van der Waals surface area contributed by atoms with Crippen LogP contribution in [0.25, 0.3) is 0 Å². The van der Waals surface area contributed by atoms with Gasteiger partial charge in [-0.25, -0.2) is 0 Å². The lowest BCUT2D eigenvalue weighted by atomic mass is 10.3. The number of aromatic nitrogens is 1. The summed E-state index contributed by atoms with van der Waals surface area (Å²) >= 11 is 0. The molecule has 7 heteroatoms. The van der Waals surface area contributed by atoms with Crippen LogP contribution in [0.1, 0.15) is 23.3 Å². The van der Waals surface area contributed by atoms with Crippen molar-refractivity contribution in [3.63, 3.8) is 0 Å². The highest BCUT2D eigenvalue weighted by Gasteiger charge is 2.34. The second-order valence-corrected chi connectivity index (χ2v) is 4.40. The highest BCUT2D eigenvalue weighted by molar-refractivity contribution is 5.94. The number of nitrogens with zero attached hydrogens (tertiary/aromatic N) is 3. The van der Waals surface area contributed by atoms with E-state index in [0.717, 1.165) is 12.8 Å². The molecule has 7 nitrogen and oxygen atoms in total. The van der Waals surface area contributed by atoms with Crippen LogP contribution in [0.2, 0.25) is 0 Å². The van der Waals surface area contributed by atoms with E-state index in [9.17, 15) is 14.9 Å². The Kier molecular flexibility index (Phi) is 3.33. The number of aliphatic hydroxyl groups is 1. The predicted octanol–water partition coefficient (Wildman–Crippen LogP) is 0.530. The number of aliphatic hydroxyl groups excluding tert-OH is 1. The Labute approximate surface area is 104 Å². The number of hydrogen-bond acceptors (Lipinski definition) is 4. The van der Waals surface area contributed by atoms with E-state index in [0.29, 0.717) is 0 Å². The van der Waals surface area contributed by atoms with Gasteiger partial charge in [0.05, 0.1) is 17.7 Å². The van der Waals surface area contributed by atoms with Gasteiger partial charge in [-0.3, -0.25) is 14.9 Å².